The van der Waals surface area contributed by atoms with Crippen LogP contribution in [0.3, 0.4) is 0 Å². The van der Waals surface area contributed by atoms with Crippen LogP contribution in [-0.4, -0.2) is 40.0 Å². The van der Waals surface area contributed by atoms with Gasteiger partial charge in [-0.2, -0.15) is 0 Å². The first-order valence-electron chi connectivity index (χ1n) is 11.1. The van der Waals surface area contributed by atoms with Gasteiger partial charge in [-0.1, -0.05) is 82.7 Å². The Morgan fingerprint density at radius 3 is 2.48 bits per heavy atom. The van der Waals surface area contributed by atoms with Crippen molar-refractivity contribution >= 4 is 28.3 Å². The van der Waals surface area contributed by atoms with Crippen LogP contribution in [0.1, 0.15) is 66.7 Å². The molecule has 1 N–H and O–H groups in total. The van der Waals surface area contributed by atoms with Gasteiger partial charge >= 0.3 is 0 Å². The molecule has 0 aliphatic heterocycles. The van der Waals surface area contributed by atoms with Crippen molar-refractivity contribution in [2.45, 2.75) is 66.7 Å². The number of carbonyl (C=O) groups is 2. The molecule has 0 fully saturated rings. The number of nitrogens with one attached hydrogen (secondary N) is 1. The molecule has 2 amide bonds. The van der Waals surface area contributed by atoms with Crippen LogP contribution < -0.4 is 5.32 Å². The van der Waals surface area contributed by atoms with Crippen molar-refractivity contribution in [2.75, 3.05) is 18.4 Å². The van der Waals surface area contributed by atoms with E-state index in [1.807, 2.05) is 35.2 Å². The topological polar surface area (TPSA) is 75.2 Å². The Labute approximate surface area is 190 Å². The molecular weight excluding hydrogens is 408 g/mol. The largest absolute Gasteiger partial charge is 0.342 e. The lowest BCUT2D eigenvalue weighted by molar-refractivity contribution is -0.132. The number of anilines is 1. The number of rotatable bonds is 11. The molecule has 2 aromatic rings. The lowest BCUT2D eigenvalue weighted by atomic mass is 9.84. The fraction of sp³-hybridized carbons (Fsp3) is 0.583. The Bertz CT molecular complexity index is 830. The first-order chi connectivity index (χ1) is 14.7. The summed E-state index contributed by atoms with van der Waals surface area (Å²) < 4.78 is 0. The second kappa shape index (κ2) is 11.9. The van der Waals surface area contributed by atoms with E-state index < -0.39 is 0 Å². The minimum atomic E-state index is -0.146. The van der Waals surface area contributed by atoms with E-state index in [2.05, 4.69) is 50.1 Å². The van der Waals surface area contributed by atoms with Crippen LogP contribution in [0.25, 0.3) is 10.6 Å². The maximum absolute atomic E-state index is 12.9. The molecular formula is C24H36N4O2S. The number of amides is 2. The lowest BCUT2D eigenvalue weighted by Crippen LogP contribution is -2.35. The van der Waals surface area contributed by atoms with E-state index in [-0.39, 0.29) is 23.7 Å². The Morgan fingerprint density at radius 1 is 1.13 bits per heavy atom. The number of carbonyl (C=O) groups excluding carboxylic acids is 2. The number of hydrogen-bond donors (Lipinski definition) is 1. The standard InChI is InChI=1S/C24H36N4O2S/c1-6-7-14-28(21(30)16-18(2)17-24(3,4)5)15-13-20(29)25-23-27-26-22(31-23)19-11-9-8-10-12-19/h8-12,18H,6-7,13-17H2,1-5H3,(H,25,27,29). The van der Waals surface area contributed by atoms with Crippen molar-refractivity contribution < 1.29 is 9.59 Å². The van der Waals surface area contributed by atoms with Gasteiger partial charge in [0.25, 0.3) is 0 Å². The third kappa shape index (κ3) is 9.17. The summed E-state index contributed by atoms with van der Waals surface area (Å²) in [6, 6.07) is 9.76. The highest BCUT2D eigenvalue weighted by Crippen LogP contribution is 2.27. The van der Waals surface area contributed by atoms with Gasteiger partial charge in [0, 0.05) is 31.5 Å². The molecule has 170 valence electrons. The van der Waals surface area contributed by atoms with Crippen molar-refractivity contribution in [1.29, 1.82) is 0 Å². The van der Waals surface area contributed by atoms with Crippen LogP contribution in [0.4, 0.5) is 5.13 Å². The normalized spacial score (nSPS) is 12.4. The third-order valence-electron chi connectivity index (χ3n) is 4.92. The van der Waals surface area contributed by atoms with E-state index in [4.69, 9.17) is 0 Å². The Morgan fingerprint density at radius 2 is 1.84 bits per heavy atom. The van der Waals surface area contributed by atoms with Gasteiger partial charge in [0.1, 0.15) is 5.01 Å². The second-order valence-electron chi connectivity index (χ2n) is 9.38. The van der Waals surface area contributed by atoms with E-state index in [9.17, 15) is 9.59 Å². The van der Waals surface area contributed by atoms with Gasteiger partial charge in [-0.25, -0.2) is 0 Å². The van der Waals surface area contributed by atoms with Crippen molar-refractivity contribution in [3.63, 3.8) is 0 Å². The summed E-state index contributed by atoms with van der Waals surface area (Å²) in [6.07, 6.45) is 3.74. The van der Waals surface area contributed by atoms with Gasteiger partial charge in [-0.05, 0) is 24.2 Å². The van der Waals surface area contributed by atoms with Gasteiger partial charge in [-0.3, -0.25) is 9.59 Å². The van der Waals surface area contributed by atoms with Crippen LogP contribution in [0, 0.1) is 11.3 Å². The highest BCUT2D eigenvalue weighted by Gasteiger charge is 2.21. The van der Waals surface area contributed by atoms with Gasteiger partial charge < -0.3 is 10.2 Å². The number of aromatic nitrogens is 2. The smallest absolute Gasteiger partial charge is 0.227 e. The average Bonchev–Trinajstić information content (AvgIpc) is 3.15. The van der Waals surface area contributed by atoms with Crippen LogP contribution in [0.15, 0.2) is 30.3 Å². The van der Waals surface area contributed by atoms with Crippen LogP contribution >= 0.6 is 11.3 Å². The maximum atomic E-state index is 12.9. The average molecular weight is 445 g/mol. The summed E-state index contributed by atoms with van der Waals surface area (Å²) in [4.78, 5) is 27.2. The van der Waals surface area contributed by atoms with Crippen molar-refractivity contribution in [1.82, 2.24) is 15.1 Å². The summed E-state index contributed by atoms with van der Waals surface area (Å²) in [5.74, 6) is 0.316. The van der Waals surface area contributed by atoms with Gasteiger partial charge in [-0.15, -0.1) is 10.2 Å². The molecule has 1 aromatic heterocycles. The second-order valence-corrected chi connectivity index (χ2v) is 10.4. The molecule has 1 aromatic carbocycles. The van der Waals surface area contributed by atoms with E-state index in [0.29, 0.717) is 30.6 Å². The van der Waals surface area contributed by atoms with Crippen molar-refractivity contribution in [2.24, 2.45) is 11.3 Å². The zero-order chi connectivity index (χ0) is 22.9. The third-order valence-corrected chi connectivity index (χ3v) is 5.81. The van der Waals surface area contributed by atoms with Crippen LogP contribution in [-0.2, 0) is 9.59 Å². The molecule has 0 radical (unpaired) electrons. The summed E-state index contributed by atoms with van der Waals surface area (Å²) in [7, 11) is 0. The van der Waals surface area contributed by atoms with E-state index in [1.54, 1.807) is 0 Å². The molecule has 31 heavy (non-hydrogen) atoms. The molecule has 6 nitrogen and oxygen atoms in total. The van der Waals surface area contributed by atoms with Crippen molar-refractivity contribution in [3.8, 4) is 10.6 Å². The summed E-state index contributed by atoms with van der Waals surface area (Å²) in [5, 5.41) is 12.3. The zero-order valence-electron chi connectivity index (χ0n) is 19.5. The number of unbranched alkanes of at least 4 members (excludes halogenated alkanes) is 1. The Kier molecular flexibility index (Phi) is 9.62. The predicted molar refractivity (Wildman–Crippen MR) is 128 cm³/mol. The molecule has 0 aliphatic rings. The molecule has 0 saturated heterocycles. The minimum absolute atomic E-state index is 0.139. The monoisotopic (exact) mass is 444 g/mol. The zero-order valence-corrected chi connectivity index (χ0v) is 20.3. The molecule has 7 heteroatoms. The molecule has 0 spiro atoms. The predicted octanol–water partition coefficient (Wildman–Crippen LogP) is 5.62. The summed E-state index contributed by atoms with van der Waals surface area (Å²) in [6.45, 7) is 12.0. The highest BCUT2D eigenvalue weighted by atomic mass is 32.1. The van der Waals surface area contributed by atoms with Crippen LogP contribution in [0.5, 0.6) is 0 Å². The fourth-order valence-corrected chi connectivity index (χ4v) is 4.41. The molecule has 1 atom stereocenters. The molecule has 1 heterocycles. The van der Waals surface area contributed by atoms with Crippen molar-refractivity contribution in [3.05, 3.63) is 30.3 Å². The Balaban J connectivity index is 1.88. The number of hydrogen-bond acceptors (Lipinski definition) is 5. The van der Waals surface area contributed by atoms with Crippen LogP contribution in [0.2, 0.25) is 0 Å². The Hall–Kier alpha value is -2.28. The summed E-state index contributed by atoms with van der Waals surface area (Å²) in [5.41, 5.74) is 1.18. The quantitative estimate of drug-likeness (QED) is 0.488. The van der Waals surface area contributed by atoms with Gasteiger partial charge in [0.05, 0.1) is 0 Å². The molecule has 0 bridgehead atoms. The van der Waals surface area contributed by atoms with Gasteiger partial charge in [0.15, 0.2) is 0 Å². The SMILES string of the molecule is CCCCN(CCC(=O)Nc1nnc(-c2ccccc2)s1)C(=O)CC(C)CC(C)(C)C. The molecule has 0 aliphatic carbocycles. The summed E-state index contributed by atoms with van der Waals surface area (Å²) >= 11 is 1.35. The van der Waals surface area contributed by atoms with E-state index in [1.165, 1.54) is 11.3 Å². The lowest BCUT2D eigenvalue weighted by Gasteiger charge is -2.27. The number of nitrogens with zero attached hydrogens (tertiary/aromatic N) is 3. The number of benzene rings is 1. The first kappa shape index (κ1) is 25.0. The minimum Gasteiger partial charge on any atom is -0.342 e. The van der Waals surface area contributed by atoms with E-state index in [0.717, 1.165) is 29.8 Å². The fourth-order valence-electron chi connectivity index (χ4n) is 3.64. The molecule has 0 saturated carbocycles. The first-order valence-corrected chi connectivity index (χ1v) is 12.0. The molecule has 1 unspecified atom stereocenters. The van der Waals surface area contributed by atoms with Gasteiger partial charge in [0.2, 0.25) is 16.9 Å². The molecule has 2 rings (SSSR count). The highest BCUT2D eigenvalue weighted by molar-refractivity contribution is 7.18. The van der Waals surface area contributed by atoms with E-state index >= 15 is 0 Å². The maximum Gasteiger partial charge on any atom is 0.227 e.